The highest BCUT2D eigenvalue weighted by molar-refractivity contribution is 7.18. The van der Waals surface area contributed by atoms with Crippen molar-refractivity contribution in [2.24, 2.45) is 5.73 Å². The van der Waals surface area contributed by atoms with Crippen molar-refractivity contribution in [1.29, 1.82) is 0 Å². The predicted molar refractivity (Wildman–Crippen MR) is 104 cm³/mol. The maximum absolute atomic E-state index is 13.7. The van der Waals surface area contributed by atoms with E-state index in [0.29, 0.717) is 11.3 Å². The van der Waals surface area contributed by atoms with E-state index in [1.165, 1.54) is 23.1 Å². The van der Waals surface area contributed by atoms with Crippen molar-refractivity contribution < 1.29 is 14.0 Å². The molecule has 0 saturated carbocycles. The number of benzene rings is 2. The molecule has 2 aromatic carbocycles. The molecule has 1 heterocycles. The van der Waals surface area contributed by atoms with Crippen molar-refractivity contribution in [2.45, 2.75) is 13.0 Å². The number of nitrogens with zero attached hydrogens (tertiary/aromatic N) is 2. The molecule has 3 aromatic rings. The molecule has 27 heavy (non-hydrogen) atoms. The maximum Gasteiger partial charge on any atom is 0.240 e. The third kappa shape index (κ3) is 3.80. The lowest BCUT2D eigenvalue weighted by Crippen LogP contribution is -2.40. The highest BCUT2D eigenvalue weighted by Gasteiger charge is 2.27. The normalized spacial score (nSPS) is 11.8. The van der Waals surface area contributed by atoms with E-state index in [-0.39, 0.29) is 21.6 Å². The Morgan fingerprint density at radius 1 is 1.15 bits per heavy atom. The average Bonchev–Trinajstić information content (AvgIpc) is 3.03. The molecule has 138 valence electrons. The van der Waals surface area contributed by atoms with Crippen LogP contribution in [-0.2, 0) is 4.79 Å². The van der Waals surface area contributed by atoms with E-state index in [9.17, 15) is 14.0 Å². The summed E-state index contributed by atoms with van der Waals surface area (Å²) in [6, 6.07) is 13.5. The quantitative estimate of drug-likeness (QED) is 0.636. The second kappa shape index (κ2) is 7.55. The number of aromatic nitrogens is 1. The Labute approximate surface area is 159 Å². The van der Waals surface area contributed by atoms with Crippen LogP contribution in [0.2, 0.25) is 0 Å². The third-order valence-electron chi connectivity index (χ3n) is 3.98. The Kier molecular flexibility index (Phi) is 5.18. The van der Waals surface area contributed by atoms with Gasteiger partial charge in [0.15, 0.2) is 5.13 Å². The number of nitrogen functional groups attached to an aromatic ring is 1. The molecule has 0 aliphatic carbocycles. The van der Waals surface area contributed by atoms with Gasteiger partial charge in [-0.2, -0.15) is 0 Å². The zero-order valence-electron chi connectivity index (χ0n) is 14.4. The van der Waals surface area contributed by atoms with Crippen LogP contribution in [0, 0.1) is 5.82 Å². The van der Waals surface area contributed by atoms with E-state index in [1.54, 1.807) is 43.3 Å². The first-order valence-electron chi connectivity index (χ1n) is 8.08. The molecule has 0 aliphatic heterocycles. The first kappa shape index (κ1) is 18.5. The van der Waals surface area contributed by atoms with Crippen LogP contribution in [0.1, 0.15) is 22.2 Å². The number of ketones is 1. The fourth-order valence-electron chi connectivity index (χ4n) is 2.56. The summed E-state index contributed by atoms with van der Waals surface area (Å²) in [5.74, 6) is -1.33. The van der Waals surface area contributed by atoms with Crippen molar-refractivity contribution in [3.8, 4) is 0 Å². The van der Waals surface area contributed by atoms with E-state index < -0.39 is 17.8 Å². The van der Waals surface area contributed by atoms with Gasteiger partial charge in [0.05, 0.1) is 0 Å². The Morgan fingerprint density at radius 3 is 2.48 bits per heavy atom. The number of halogens is 1. The molecule has 1 atom stereocenters. The van der Waals surface area contributed by atoms with Crippen LogP contribution in [0.25, 0.3) is 0 Å². The highest BCUT2D eigenvalue weighted by atomic mass is 32.1. The number of carbonyl (C=O) groups is 2. The number of anilines is 3. The molecule has 0 radical (unpaired) electrons. The topological polar surface area (TPSA) is 102 Å². The number of rotatable bonds is 6. The molecular formula is C19H17FN4O2S. The number of thiazole rings is 1. The Balaban J connectivity index is 2.06. The summed E-state index contributed by atoms with van der Waals surface area (Å²) in [6.45, 7) is 1.57. The van der Waals surface area contributed by atoms with E-state index in [2.05, 4.69) is 4.98 Å². The monoisotopic (exact) mass is 384 g/mol. The van der Waals surface area contributed by atoms with Crippen LogP contribution in [0.3, 0.4) is 0 Å². The largest absolute Gasteiger partial charge is 0.382 e. The van der Waals surface area contributed by atoms with Gasteiger partial charge in [-0.25, -0.2) is 9.37 Å². The summed E-state index contributed by atoms with van der Waals surface area (Å²) < 4.78 is 13.7. The summed E-state index contributed by atoms with van der Waals surface area (Å²) in [5, 5.41) is 0.281. The van der Waals surface area contributed by atoms with Crippen LogP contribution in [0.5, 0.6) is 0 Å². The van der Waals surface area contributed by atoms with Crippen LogP contribution in [0.15, 0.2) is 54.6 Å². The minimum Gasteiger partial charge on any atom is -0.382 e. The summed E-state index contributed by atoms with van der Waals surface area (Å²) in [5.41, 5.74) is 12.3. The molecule has 1 aromatic heterocycles. The Bertz CT molecular complexity index is 990. The molecule has 0 unspecified atom stereocenters. The second-order valence-corrected chi connectivity index (χ2v) is 6.81. The number of amides is 1. The third-order valence-corrected chi connectivity index (χ3v) is 5.05. The molecule has 0 spiro atoms. The fraction of sp³-hybridized carbons (Fsp3) is 0.105. The van der Waals surface area contributed by atoms with Gasteiger partial charge in [-0.1, -0.05) is 47.7 Å². The first-order valence-corrected chi connectivity index (χ1v) is 8.90. The van der Waals surface area contributed by atoms with Crippen molar-refractivity contribution in [3.63, 3.8) is 0 Å². The predicted octanol–water partition coefficient (Wildman–Crippen LogP) is 3.11. The van der Waals surface area contributed by atoms with Gasteiger partial charge in [0.2, 0.25) is 11.7 Å². The minimum absolute atomic E-state index is 0.0435. The minimum atomic E-state index is -0.822. The average molecular weight is 384 g/mol. The molecule has 0 bridgehead atoms. The number of hydrogen-bond donors (Lipinski definition) is 2. The number of hydrogen-bond acceptors (Lipinski definition) is 6. The second-order valence-electron chi connectivity index (χ2n) is 5.83. The van der Waals surface area contributed by atoms with Crippen LogP contribution in [0.4, 0.5) is 21.0 Å². The van der Waals surface area contributed by atoms with Crippen LogP contribution >= 0.6 is 11.3 Å². The van der Waals surface area contributed by atoms with Gasteiger partial charge in [-0.15, -0.1) is 0 Å². The van der Waals surface area contributed by atoms with Gasteiger partial charge in [-0.3, -0.25) is 9.59 Å². The van der Waals surface area contributed by atoms with Gasteiger partial charge >= 0.3 is 0 Å². The molecule has 0 aliphatic rings. The summed E-state index contributed by atoms with van der Waals surface area (Å²) in [7, 11) is 0. The number of primary amides is 1. The van der Waals surface area contributed by atoms with Crippen molar-refractivity contribution in [1.82, 2.24) is 4.98 Å². The number of carbonyl (C=O) groups excluding carboxylic acids is 2. The highest BCUT2D eigenvalue weighted by Crippen LogP contribution is 2.36. The van der Waals surface area contributed by atoms with Gasteiger partial charge in [-0.05, 0) is 25.1 Å². The van der Waals surface area contributed by atoms with E-state index in [4.69, 9.17) is 11.5 Å². The van der Waals surface area contributed by atoms with E-state index in [0.717, 1.165) is 11.3 Å². The van der Waals surface area contributed by atoms with Gasteiger partial charge in [0.1, 0.15) is 22.6 Å². The van der Waals surface area contributed by atoms with Crippen LogP contribution < -0.4 is 16.4 Å². The molecule has 6 nitrogen and oxygen atoms in total. The molecule has 0 saturated heterocycles. The molecule has 4 N–H and O–H groups in total. The van der Waals surface area contributed by atoms with E-state index in [1.807, 2.05) is 0 Å². The zero-order valence-corrected chi connectivity index (χ0v) is 15.2. The lowest BCUT2D eigenvalue weighted by Gasteiger charge is -2.26. The fourth-order valence-corrected chi connectivity index (χ4v) is 3.61. The molecule has 1 amide bonds. The molecule has 8 heteroatoms. The maximum atomic E-state index is 13.7. The standard InChI is InChI=1S/C19H17FN4O2S/c1-11(18(22)26)24(14-9-5-8-13(20)10-14)19-23-17(21)16(27-19)15(25)12-6-3-2-4-7-12/h2-11H,21H2,1H3,(H2,22,26)/t11-/m1/s1. The van der Waals surface area contributed by atoms with Crippen molar-refractivity contribution >= 4 is 39.7 Å². The zero-order chi connectivity index (χ0) is 19.6. The molecule has 0 fully saturated rings. The lowest BCUT2D eigenvalue weighted by atomic mass is 10.1. The van der Waals surface area contributed by atoms with Gasteiger partial charge in [0, 0.05) is 11.3 Å². The van der Waals surface area contributed by atoms with Gasteiger partial charge in [0.25, 0.3) is 0 Å². The summed E-state index contributed by atoms with van der Waals surface area (Å²) in [4.78, 5) is 30.5. The van der Waals surface area contributed by atoms with E-state index >= 15 is 0 Å². The van der Waals surface area contributed by atoms with Crippen molar-refractivity contribution in [2.75, 3.05) is 10.6 Å². The Hall–Kier alpha value is -3.26. The summed E-state index contributed by atoms with van der Waals surface area (Å²) >= 11 is 1.03. The SMILES string of the molecule is C[C@H](C(N)=O)N(c1cccc(F)c1)c1nc(N)c(C(=O)c2ccccc2)s1. The van der Waals surface area contributed by atoms with Crippen molar-refractivity contribution in [3.05, 3.63) is 70.9 Å². The smallest absolute Gasteiger partial charge is 0.240 e. The molecule has 3 rings (SSSR count). The lowest BCUT2D eigenvalue weighted by molar-refractivity contribution is -0.118. The van der Waals surface area contributed by atoms with Crippen LogP contribution in [-0.4, -0.2) is 22.7 Å². The molecular weight excluding hydrogens is 367 g/mol. The first-order chi connectivity index (χ1) is 12.9. The summed E-state index contributed by atoms with van der Waals surface area (Å²) in [6.07, 6.45) is 0. The Morgan fingerprint density at radius 2 is 1.85 bits per heavy atom. The van der Waals surface area contributed by atoms with Gasteiger partial charge < -0.3 is 16.4 Å². The number of nitrogens with two attached hydrogens (primary N) is 2.